The van der Waals surface area contributed by atoms with Crippen LogP contribution in [0.25, 0.3) is 0 Å². The molecule has 124 valence electrons. The number of ether oxygens (including phenoxy) is 1. The zero-order valence-electron chi connectivity index (χ0n) is 14.2. The van der Waals surface area contributed by atoms with Crippen molar-refractivity contribution in [2.75, 3.05) is 6.61 Å². The van der Waals surface area contributed by atoms with Crippen molar-refractivity contribution in [2.24, 2.45) is 5.41 Å². The highest BCUT2D eigenvalue weighted by Crippen LogP contribution is 2.42. The lowest BCUT2D eigenvalue weighted by molar-refractivity contribution is -0.114. The van der Waals surface area contributed by atoms with Crippen molar-refractivity contribution < 1.29 is 4.74 Å². The zero-order valence-corrected chi connectivity index (χ0v) is 14.2. The quantitative estimate of drug-likeness (QED) is 0.853. The van der Waals surface area contributed by atoms with Crippen LogP contribution < -0.4 is 5.32 Å². The van der Waals surface area contributed by atoms with E-state index in [1.165, 1.54) is 11.1 Å². The molecule has 5 nitrogen and oxygen atoms in total. The summed E-state index contributed by atoms with van der Waals surface area (Å²) in [7, 11) is 0. The van der Waals surface area contributed by atoms with Gasteiger partial charge in [0.1, 0.15) is 12.7 Å². The molecule has 1 saturated carbocycles. The molecule has 1 aliphatic rings. The summed E-state index contributed by atoms with van der Waals surface area (Å²) in [6.45, 7) is 9.10. The van der Waals surface area contributed by atoms with E-state index in [2.05, 4.69) is 60.4 Å². The molecule has 1 fully saturated rings. The van der Waals surface area contributed by atoms with Gasteiger partial charge in [0, 0.05) is 24.6 Å². The minimum absolute atomic E-state index is 0.211. The maximum atomic E-state index is 5.79. The first-order chi connectivity index (χ1) is 11.1. The van der Waals surface area contributed by atoms with Gasteiger partial charge in [-0.3, -0.25) is 0 Å². The van der Waals surface area contributed by atoms with Crippen LogP contribution in [0, 0.1) is 5.41 Å². The van der Waals surface area contributed by atoms with E-state index in [1.807, 2.05) is 4.68 Å². The van der Waals surface area contributed by atoms with Crippen molar-refractivity contribution >= 4 is 0 Å². The van der Waals surface area contributed by atoms with Gasteiger partial charge in [0.05, 0.1) is 12.6 Å². The van der Waals surface area contributed by atoms with E-state index in [0.717, 1.165) is 26.1 Å². The molecular weight excluding hydrogens is 288 g/mol. The van der Waals surface area contributed by atoms with E-state index in [9.17, 15) is 0 Å². The molecule has 3 rings (SSSR count). The fourth-order valence-electron chi connectivity index (χ4n) is 3.22. The highest BCUT2D eigenvalue weighted by Gasteiger charge is 2.48. The summed E-state index contributed by atoms with van der Waals surface area (Å²) in [5.74, 6) is 0. The van der Waals surface area contributed by atoms with Gasteiger partial charge in [-0.25, -0.2) is 9.67 Å². The van der Waals surface area contributed by atoms with Gasteiger partial charge < -0.3 is 10.1 Å². The number of hydrogen-bond donors (Lipinski definition) is 1. The Morgan fingerprint density at radius 1 is 1.26 bits per heavy atom. The fourth-order valence-corrected chi connectivity index (χ4v) is 3.22. The van der Waals surface area contributed by atoms with Crippen molar-refractivity contribution in [1.29, 1.82) is 0 Å². The van der Waals surface area contributed by atoms with E-state index in [-0.39, 0.29) is 5.41 Å². The van der Waals surface area contributed by atoms with Gasteiger partial charge in [-0.2, -0.15) is 5.10 Å². The molecular formula is C18H26N4O. The first kappa shape index (κ1) is 16.1. The third-order valence-corrected chi connectivity index (χ3v) is 4.93. The van der Waals surface area contributed by atoms with Gasteiger partial charge in [0.2, 0.25) is 0 Å². The van der Waals surface area contributed by atoms with Gasteiger partial charge in [0.25, 0.3) is 0 Å². The molecule has 0 unspecified atom stereocenters. The minimum atomic E-state index is 0.211. The summed E-state index contributed by atoms with van der Waals surface area (Å²) < 4.78 is 7.62. The molecule has 23 heavy (non-hydrogen) atoms. The van der Waals surface area contributed by atoms with E-state index in [4.69, 9.17) is 4.74 Å². The average molecular weight is 314 g/mol. The summed E-state index contributed by atoms with van der Waals surface area (Å²) in [6.07, 6.45) is 4.79. The Labute approximate surface area is 138 Å². The summed E-state index contributed by atoms with van der Waals surface area (Å²) in [4.78, 5) is 3.96. The zero-order chi connectivity index (χ0) is 16.3. The molecule has 1 aromatic carbocycles. The molecule has 1 aromatic heterocycles. The van der Waals surface area contributed by atoms with Crippen molar-refractivity contribution in [3.05, 3.63) is 48.0 Å². The predicted molar refractivity (Wildman–Crippen MR) is 90.0 cm³/mol. The third kappa shape index (κ3) is 3.62. The number of hydrogen-bond acceptors (Lipinski definition) is 4. The smallest absolute Gasteiger partial charge is 0.137 e. The van der Waals surface area contributed by atoms with Crippen molar-refractivity contribution in [2.45, 2.75) is 52.4 Å². The summed E-state index contributed by atoms with van der Waals surface area (Å²) >= 11 is 0. The van der Waals surface area contributed by atoms with E-state index in [0.29, 0.717) is 12.1 Å². The number of nitrogens with one attached hydrogen (secondary N) is 1. The van der Waals surface area contributed by atoms with Gasteiger partial charge in [0.15, 0.2) is 0 Å². The third-order valence-electron chi connectivity index (χ3n) is 4.93. The molecule has 0 bridgehead atoms. The normalized spacial score (nSPS) is 22.7. The average Bonchev–Trinajstić information content (AvgIpc) is 3.04. The molecule has 0 aliphatic heterocycles. The molecule has 1 N–H and O–H groups in total. The Morgan fingerprint density at radius 2 is 2.00 bits per heavy atom. The molecule has 2 aromatic rings. The second-order valence-electron chi connectivity index (χ2n) is 6.84. The van der Waals surface area contributed by atoms with Gasteiger partial charge in [-0.15, -0.1) is 0 Å². The predicted octanol–water partition coefficient (Wildman–Crippen LogP) is 2.62. The van der Waals surface area contributed by atoms with Crippen molar-refractivity contribution in [3.8, 4) is 0 Å². The Kier molecular flexibility index (Phi) is 4.78. The first-order valence-electron chi connectivity index (χ1n) is 8.35. The highest BCUT2D eigenvalue weighted by molar-refractivity contribution is 5.23. The van der Waals surface area contributed by atoms with Crippen LogP contribution >= 0.6 is 0 Å². The molecule has 1 heterocycles. The van der Waals surface area contributed by atoms with Crippen LogP contribution in [-0.4, -0.2) is 33.5 Å². The lowest BCUT2D eigenvalue weighted by Gasteiger charge is -2.52. The standard InChI is InChI=1S/C18H26N4O/c1-4-23-17-9-16(18(17,2)3)20-10-14-5-7-15(8-6-14)11-22-13-19-12-21-22/h5-8,12-13,16-17,20H,4,9-11H2,1-3H3/t16-,17+/m0/s1. The maximum Gasteiger partial charge on any atom is 0.137 e. The Hall–Kier alpha value is -1.72. The molecule has 0 amide bonds. The van der Waals surface area contributed by atoms with Crippen LogP contribution in [0.4, 0.5) is 0 Å². The van der Waals surface area contributed by atoms with Crippen LogP contribution in [-0.2, 0) is 17.8 Å². The molecule has 0 saturated heterocycles. The second-order valence-corrected chi connectivity index (χ2v) is 6.84. The maximum absolute atomic E-state index is 5.79. The van der Waals surface area contributed by atoms with E-state index < -0.39 is 0 Å². The highest BCUT2D eigenvalue weighted by atomic mass is 16.5. The number of aromatic nitrogens is 3. The second kappa shape index (κ2) is 6.81. The van der Waals surface area contributed by atoms with Gasteiger partial charge >= 0.3 is 0 Å². The monoisotopic (exact) mass is 314 g/mol. The minimum Gasteiger partial charge on any atom is -0.378 e. The number of nitrogens with zero attached hydrogens (tertiary/aromatic N) is 3. The molecule has 0 radical (unpaired) electrons. The van der Waals surface area contributed by atoms with Crippen LogP contribution in [0.1, 0.15) is 38.3 Å². The van der Waals surface area contributed by atoms with Crippen LogP contribution in [0.2, 0.25) is 0 Å². The fraction of sp³-hybridized carbons (Fsp3) is 0.556. The van der Waals surface area contributed by atoms with Crippen LogP contribution in [0.3, 0.4) is 0 Å². The summed E-state index contributed by atoms with van der Waals surface area (Å²) in [5.41, 5.74) is 2.76. The molecule has 0 spiro atoms. The number of benzene rings is 1. The first-order valence-corrected chi connectivity index (χ1v) is 8.35. The Morgan fingerprint density at radius 3 is 2.61 bits per heavy atom. The van der Waals surface area contributed by atoms with E-state index in [1.54, 1.807) is 12.7 Å². The van der Waals surface area contributed by atoms with Gasteiger partial charge in [-0.05, 0) is 24.5 Å². The van der Waals surface area contributed by atoms with Gasteiger partial charge in [-0.1, -0.05) is 38.1 Å². The largest absolute Gasteiger partial charge is 0.378 e. The van der Waals surface area contributed by atoms with Crippen LogP contribution in [0.15, 0.2) is 36.9 Å². The van der Waals surface area contributed by atoms with E-state index >= 15 is 0 Å². The molecule has 2 atom stereocenters. The summed E-state index contributed by atoms with van der Waals surface area (Å²) in [5, 5.41) is 7.80. The summed E-state index contributed by atoms with van der Waals surface area (Å²) in [6, 6.07) is 9.21. The molecule has 5 heteroatoms. The Bertz CT molecular complexity index is 606. The van der Waals surface area contributed by atoms with Crippen molar-refractivity contribution in [3.63, 3.8) is 0 Å². The number of rotatable bonds is 7. The SMILES string of the molecule is CCO[C@@H]1C[C@H](NCc2ccc(Cn3cncn3)cc2)C1(C)C. The van der Waals surface area contributed by atoms with Crippen LogP contribution in [0.5, 0.6) is 0 Å². The molecule has 1 aliphatic carbocycles. The lowest BCUT2D eigenvalue weighted by Crippen LogP contribution is -2.60. The lowest BCUT2D eigenvalue weighted by atomic mass is 9.64. The van der Waals surface area contributed by atoms with Crippen molar-refractivity contribution in [1.82, 2.24) is 20.1 Å². The Balaban J connectivity index is 1.49. The topological polar surface area (TPSA) is 52.0 Å².